The summed E-state index contributed by atoms with van der Waals surface area (Å²) in [4.78, 5) is 14.7. The van der Waals surface area contributed by atoms with Gasteiger partial charge in [-0.05, 0) is 18.9 Å². The quantitative estimate of drug-likeness (QED) is 0.759. The number of aromatic carboxylic acids is 1. The zero-order valence-electron chi connectivity index (χ0n) is 7.40. The molecule has 70 valence electrons. The lowest BCUT2D eigenvalue weighted by atomic mass is 9.95. The lowest BCUT2D eigenvalue weighted by Crippen LogP contribution is -2.11. The summed E-state index contributed by atoms with van der Waals surface area (Å²) in [5.74, 6) is -0.996. The fraction of sp³-hybridized carbons (Fsp3) is 0.300. The summed E-state index contributed by atoms with van der Waals surface area (Å²) < 4.78 is 0. The molecule has 0 aliphatic heterocycles. The molecule has 14 heavy (non-hydrogen) atoms. The summed E-state index contributed by atoms with van der Waals surface area (Å²) in [6.45, 7) is 0. The normalized spacial score (nSPS) is 17.1. The van der Waals surface area contributed by atoms with Gasteiger partial charge in [-0.15, -0.1) is 0 Å². The summed E-state index contributed by atoms with van der Waals surface area (Å²) in [5, 5.41) is 17.9. The molecule has 0 saturated heterocycles. The summed E-state index contributed by atoms with van der Waals surface area (Å²) in [7, 11) is 0. The molecule has 1 N–H and O–H groups in total. The number of hydrogen-bond acceptors (Lipinski definition) is 3. The topological polar surface area (TPSA) is 74.0 Å². The lowest BCUT2D eigenvalue weighted by molar-refractivity contribution is 0.0695. The highest BCUT2D eigenvalue weighted by atomic mass is 16.4. The Kier molecular flexibility index (Phi) is 1.74. The van der Waals surface area contributed by atoms with Crippen LogP contribution in [0.1, 0.15) is 28.8 Å². The van der Waals surface area contributed by atoms with Gasteiger partial charge in [-0.3, -0.25) is 4.98 Å². The van der Waals surface area contributed by atoms with Crippen LogP contribution in [-0.2, 0) is 5.41 Å². The fourth-order valence-electron chi connectivity index (χ4n) is 1.53. The van der Waals surface area contributed by atoms with Gasteiger partial charge in [0.1, 0.15) is 0 Å². The number of nitriles is 1. The molecular formula is C10H8N2O2. The number of hydrogen-bond donors (Lipinski definition) is 1. The highest BCUT2D eigenvalue weighted by Crippen LogP contribution is 2.48. The minimum Gasteiger partial charge on any atom is -0.478 e. The molecule has 2 rings (SSSR count). The van der Waals surface area contributed by atoms with Crippen LogP contribution in [0.2, 0.25) is 0 Å². The summed E-state index contributed by atoms with van der Waals surface area (Å²) in [6, 6.07) is 3.60. The second-order valence-corrected chi connectivity index (χ2v) is 3.42. The third kappa shape index (κ3) is 1.14. The van der Waals surface area contributed by atoms with Gasteiger partial charge in [-0.1, -0.05) is 0 Å². The lowest BCUT2D eigenvalue weighted by Gasteiger charge is -2.08. The first kappa shape index (κ1) is 8.70. The fourth-order valence-corrected chi connectivity index (χ4v) is 1.53. The molecule has 1 heterocycles. The molecule has 1 aromatic heterocycles. The van der Waals surface area contributed by atoms with Crippen molar-refractivity contribution in [1.29, 1.82) is 5.26 Å². The monoisotopic (exact) mass is 188 g/mol. The van der Waals surface area contributed by atoms with Crippen molar-refractivity contribution in [2.75, 3.05) is 0 Å². The average molecular weight is 188 g/mol. The van der Waals surface area contributed by atoms with Crippen molar-refractivity contribution < 1.29 is 9.90 Å². The van der Waals surface area contributed by atoms with Gasteiger partial charge in [0.2, 0.25) is 0 Å². The molecule has 0 unspecified atom stereocenters. The van der Waals surface area contributed by atoms with E-state index in [2.05, 4.69) is 11.1 Å². The van der Waals surface area contributed by atoms with Gasteiger partial charge < -0.3 is 5.11 Å². The smallest absolute Gasteiger partial charge is 0.336 e. The predicted octanol–water partition coefficient (Wildman–Crippen LogP) is 1.33. The van der Waals surface area contributed by atoms with Crippen LogP contribution in [0.15, 0.2) is 18.5 Å². The van der Waals surface area contributed by atoms with Gasteiger partial charge >= 0.3 is 5.97 Å². The maximum Gasteiger partial charge on any atom is 0.336 e. The maximum absolute atomic E-state index is 10.9. The SMILES string of the molecule is N#CC1(c2cnccc2C(=O)O)CC1. The zero-order chi connectivity index (χ0) is 10.2. The van der Waals surface area contributed by atoms with Gasteiger partial charge in [0.15, 0.2) is 0 Å². The highest BCUT2D eigenvalue weighted by Gasteiger charge is 2.47. The Labute approximate surface area is 80.8 Å². The minimum atomic E-state index is -0.996. The van der Waals surface area contributed by atoms with Crippen LogP contribution in [0.5, 0.6) is 0 Å². The summed E-state index contributed by atoms with van der Waals surface area (Å²) in [6.07, 6.45) is 4.38. The largest absolute Gasteiger partial charge is 0.478 e. The average Bonchev–Trinajstić information content (AvgIpc) is 2.98. The van der Waals surface area contributed by atoms with Crippen molar-refractivity contribution in [2.24, 2.45) is 0 Å². The molecule has 4 nitrogen and oxygen atoms in total. The van der Waals surface area contributed by atoms with E-state index in [0.29, 0.717) is 5.56 Å². The maximum atomic E-state index is 10.9. The van der Waals surface area contributed by atoms with E-state index in [1.807, 2.05) is 0 Å². The molecule has 0 amide bonds. The van der Waals surface area contributed by atoms with Gasteiger partial charge in [0.25, 0.3) is 0 Å². The molecule has 0 spiro atoms. The molecule has 1 aliphatic carbocycles. The van der Waals surface area contributed by atoms with Crippen LogP contribution in [0.3, 0.4) is 0 Å². The van der Waals surface area contributed by atoms with Crippen molar-refractivity contribution in [1.82, 2.24) is 4.98 Å². The van der Waals surface area contributed by atoms with Crippen LogP contribution in [0.25, 0.3) is 0 Å². The van der Waals surface area contributed by atoms with E-state index in [4.69, 9.17) is 10.4 Å². The van der Waals surface area contributed by atoms with E-state index in [0.717, 1.165) is 12.8 Å². The number of carboxylic acid groups (broad SMARTS) is 1. The predicted molar refractivity (Wildman–Crippen MR) is 47.7 cm³/mol. The van der Waals surface area contributed by atoms with Crippen LogP contribution in [0, 0.1) is 11.3 Å². The molecular weight excluding hydrogens is 180 g/mol. The molecule has 0 atom stereocenters. The van der Waals surface area contributed by atoms with Crippen molar-refractivity contribution >= 4 is 5.97 Å². The summed E-state index contributed by atoms with van der Waals surface area (Å²) in [5.41, 5.74) is 0.163. The molecule has 4 heteroatoms. The van der Waals surface area contributed by atoms with Crippen molar-refractivity contribution in [3.63, 3.8) is 0 Å². The van der Waals surface area contributed by atoms with E-state index < -0.39 is 11.4 Å². The van der Waals surface area contributed by atoms with E-state index in [1.165, 1.54) is 18.5 Å². The van der Waals surface area contributed by atoms with Gasteiger partial charge in [0.05, 0.1) is 17.0 Å². The van der Waals surface area contributed by atoms with Crippen molar-refractivity contribution in [3.05, 3.63) is 29.6 Å². The number of nitrogens with zero attached hydrogens (tertiary/aromatic N) is 2. The van der Waals surface area contributed by atoms with E-state index in [-0.39, 0.29) is 5.56 Å². The van der Waals surface area contributed by atoms with Crippen molar-refractivity contribution in [2.45, 2.75) is 18.3 Å². The van der Waals surface area contributed by atoms with Crippen LogP contribution < -0.4 is 0 Å². The van der Waals surface area contributed by atoms with E-state index >= 15 is 0 Å². The molecule has 0 radical (unpaired) electrons. The molecule has 1 aromatic rings. The first-order chi connectivity index (χ1) is 6.69. The second kappa shape index (κ2) is 2.81. The van der Waals surface area contributed by atoms with Crippen LogP contribution >= 0.6 is 0 Å². The number of carbonyl (C=O) groups is 1. The molecule has 0 bridgehead atoms. The van der Waals surface area contributed by atoms with Crippen LogP contribution in [0.4, 0.5) is 0 Å². The van der Waals surface area contributed by atoms with Gasteiger partial charge in [0, 0.05) is 18.0 Å². The number of aromatic nitrogens is 1. The Hall–Kier alpha value is -1.89. The molecule has 0 aromatic carbocycles. The molecule has 1 aliphatic rings. The van der Waals surface area contributed by atoms with Crippen LogP contribution in [-0.4, -0.2) is 16.1 Å². The first-order valence-corrected chi connectivity index (χ1v) is 4.29. The highest BCUT2D eigenvalue weighted by molar-refractivity contribution is 5.90. The Morgan fingerprint density at radius 1 is 1.64 bits per heavy atom. The second-order valence-electron chi connectivity index (χ2n) is 3.42. The van der Waals surface area contributed by atoms with Gasteiger partial charge in [-0.25, -0.2) is 4.79 Å². The number of carboxylic acids is 1. The zero-order valence-corrected chi connectivity index (χ0v) is 7.40. The standard InChI is InChI=1S/C10H8N2O2/c11-6-10(2-3-10)8-5-12-4-1-7(8)9(13)14/h1,4-5H,2-3H2,(H,13,14). The Morgan fingerprint density at radius 3 is 2.86 bits per heavy atom. The third-order valence-corrected chi connectivity index (χ3v) is 2.53. The van der Waals surface area contributed by atoms with E-state index in [1.54, 1.807) is 0 Å². The Bertz CT molecular complexity index is 430. The first-order valence-electron chi connectivity index (χ1n) is 4.29. The van der Waals surface area contributed by atoms with E-state index in [9.17, 15) is 4.79 Å². The summed E-state index contributed by atoms with van der Waals surface area (Å²) >= 11 is 0. The minimum absolute atomic E-state index is 0.194. The third-order valence-electron chi connectivity index (χ3n) is 2.53. The molecule has 1 fully saturated rings. The Balaban J connectivity index is 2.54. The molecule has 1 saturated carbocycles. The van der Waals surface area contributed by atoms with Crippen molar-refractivity contribution in [3.8, 4) is 6.07 Å². The number of rotatable bonds is 2. The number of pyridine rings is 1. The Morgan fingerprint density at radius 2 is 2.36 bits per heavy atom. The van der Waals surface area contributed by atoms with Gasteiger partial charge in [-0.2, -0.15) is 5.26 Å².